The minimum atomic E-state index is -1.05. The molecule has 0 saturated carbocycles. The first-order chi connectivity index (χ1) is 9.36. The normalized spacial score (nSPS) is 10.2. The zero-order valence-electron chi connectivity index (χ0n) is 10.4. The van der Waals surface area contributed by atoms with E-state index in [9.17, 15) is 19.8 Å². The molecular formula is C13H11NO5S. The number of phenolic OH excluding ortho intramolecular Hbond substituents is 2. The summed E-state index contributed by atoms with van der Waals surface area (Å²) in [6.07, 6.45) is 0. The molecule has 1 amide bonds. The highest BCUT2D eigenvalue weighted by atomic mass is 32.1. The molecule has 7 heteroatoms. The first-order valence-corrected chi connectivity index (χ1v) is 6.36. The highest BCUT2D eigenvalue weighted by Crippen LogP contribution is 2.28. The second kappa shape index (κ2) is 5.22. The van der Waals surface area contributed by atoms with Crippen molar-refractivity contribution in [2.45, 2.75) is 6.92 Å². The zero-order valence-corrected chi connectivity index (χ0v) is 11.2. The van der Waals surface area contributed by atoms with Gasteiger partial charge in [0.1, 0.15) is 16.4 Å². The van der Waals surface area contributed by atoms with Crippen molar-refractivity contribution in [3.8, 4) is 11.5 Å². The lowest BCUT2D eigenvalue weighted by Crippen LogP contribution is -2.10. The molecule has 4 N–H and O–H groups in total. The Labute approximate surface area is 117 Å². The quantitative estimate of drug-likeness (QED) is 0.695. The molecule has 20 heavy (non-hydrogen) atoms. The van der Waals surface area contributed by atoms with Crippen LogP contribution in [-0.4, -0.2) is 27.2 Å². The number of aromatic hydroxyl groups is 2. The third-order valence-corrected chi connectivity index (χ3v) is 3.65. The summed E-state index contributed by atoms with van der Waals surface area (Å²) < 4.78 is 0. The van der Waals surface area contributed by atoms with Gasteiger partial charge in [-0.15, -0.1) is 11.3 Å². The number of aromatic carboxylic acids is 1. The standard InChI is InChI=1S/C13H11NO5S/c1-6-2-10(20-11(6)13(18)19)14-12(17)7-3-8(15)5-9(16)4-7/h2-5,15-16H,1H3,(H,14,17)(H,18,19). The molecule has 0 saturated heterocycles. The van der Waals surface area contributed by atoms with Crippen molar-refractivity contribution in [1.29, 1.82) is 0 Å². The van der Waals surface area contributed by atoms with Crippen LogP contribution in [0.4, 0.5) is 5.00 Å². The molecule has 6 nitrogen and oxygen atoms in total. The number of carboxylic acid groups (broad SMARTS) is 1. The molecule has 2 rings (SSSR count). The van der Waals surface area contributed by atoms with E-state index in [0.717, 1.165) is 17.4 Å². The molecule has 0 aliphatic heterocycles. The summed E-state index contributed by atoms with van der Waals surface area (Å²) in [6, 6.07) is 5.06. The molecule has 0 spiro atoms. The van der Waals surface area contributed by atoms with Gasteiger partial charge in [0.05, 0.1) is 5.00 Å². The maximum atomic E-state index is 11.9. The number of hydrogen-bond donors (Lipinski definition) is 4. The smallest absolute Gasteiger partial charge is 0.346 e. The number of amides is 1. The fourth-order valence-electron chi connectivity index (χ4n) is 1.67. The number of anilines is 1. The Kier molecular flexibility index (Phi) is 3.62. The predicted octanol–water partition coefficient (Wildman–Crippen LogP) is 2.42. The molecule has 1 aromatic heterocycles. The summed E-state index contributed by atoms with van der Waals surface area (Å²) >= 11 is 0.943. The fourth-order valence-corrected chi connectivity index (χ4v) is 2.57. The van der Waals surface area contributed by atoms with Gasteiger partial charge in [-0.25, -0.2) is 4.79 Å². The van der Waals surface area contributed by atoms with Crippen molar-refractivity contribution in [2.24, 2.45) is 0 Å². The van der Waals surface area contributed by atoms with Crippen LogP contribution in [0.2, 0.25) is 0 Å². The molecule has 0 radical (unpaired) electrons. The Balaban J connectivity index is 2.23. The third kappa shape index (κ3) is 2.89. The zero-order chi connectivity index (χ0) is 14.9. The summed E-state index contributed by atoms with van der Waals surface area (Å²) in [7, 11) is 0. The van der Waals surface area contributed by atoms with Crippen LogP contribution < -0.4 is 5.32 Å². The predicted molar refractivity (Wildman–Crippen MR) is 73.7 cm³/mol. The molecule has 0 bridgehead atoms. The lowest BCUT2D eigenvalue weighted by Gasteiger charge is -2.04. The maximum absolute atomic E-state index is 11.9. The highest BCUT2D eigenvalue weighted by Gasteiger charge is 2.15. The number of hydrogen-bond acceptors (Lipinski definition) is 5. The molecule has 0 aliphatic rings. The molecule has 0 unspecified atom stereocenters. The molecular weight excluding hydrogens is 282 g/mol. The SMILES string of the molecule is Cc1cc(NC(=O)c2cc(O)cc(O)c2)sc1C(=O)O. The minimum Gasteiger partial charge on any atom is -0.508 e. The first-order valence-electron chi connectivity index (χ1n) is 5.55. The molecule has 2 aromatic rings. The van der Waals surface area contributed by atoms with E-state index in [1.165, 1.54) is 12.1 Å². The van der Waals surface area contributed by atoms with E-state index in [0.29, 0.717) is 10.6 Å². The van der Waals surface area contributed by atoms with Crippen LogP contribution in [0, 0.1) is 6.92 Å². The summed E-state index contributed by atoms with van der Waals surface area (Å²) in [6.45, 7) is 1.63. The van der Waals surface area contributed by atoms with Gasteiger partial charge >= 0.3 is 5.97 Å². The average Bonchev–Trinajstić information content (AvgIpc) is 2.69. The largest absolute Gasteiger partial charge is 0.508 e. The Hall–Kier alpha value is -2.54. The number of carboxylic acids is 1. The van der Waals surface area contributed by atoms with Gasteiger partial charge < -0.3 is 20.6 Å². The summed E-state index contributed by atoms with van der Waals surface area (Å²) in [5.41, 5.74) is 0.627. The fraction of sp³-hybridized carbons (Fsp3) is 0.0769. The van der Waals surface area contributed by atoms with Crippen molar-refractivity contribution in [2.75, 3.05) is 5.32 Å². The lowest BCUT2D eigenvalue weighted by atomic mass is 10.2. The van der Waals surface area contributed by atoms with Gasteiger partial charge in [-0.1, -0.05) is 0 Å². The summed E-state index contributed by atoms with van der Waals surface area (Å²) in [5.74, 6) is -2.06. The van der Waals surface area contributed by atoms with E-state index >= 15 is 0 Å². The van der Waals surface area contributed by atoms with E-state index < -0.39 is 11.9 Å². The van der Waals surface area contributed by atoms with Gasteiger partial charge in [0, 0.05) is 11.6 Å². The number of benzene rings is 1. The van der Waals surface area contributed by atoms with Crippen molar-refractivity contribution in [3.63, 3.8) is 0 Å². The van der Waals surface area contributed by atoms with Gasteiger partial charge in [-0.05, 0) is 30.7 Å². The van der Waals surface area contributed by atoms with Crippen LogP contribution in [0.25, 0.3) is 0 Å². The second-order valence-corrected chi connectivity index (χ2v) is 5.17. The number of carbonyl (C=O) groups excluding carboxylic acids is 1. The monoisotopic (exact) mass is 293 g/mol. The van der Waals surface area contributed by atoms with Crippen LogP contribution in [0.1, 0.15) is 25.6 Å². The van der Waals surface area contributed by atoms with Crippen molar-refractivity contribution in [1.82, 2.24) is 0 Å². The van der Waals surface area contributed by atoms with E-state index in [1.54, 1.807) is 13.0 Å². The molecule has 1 heterocycles. The number of thiophene rings is 1. The second-order valence-electron chi connectivity index (χ2n) is 4.12. The third-order valence-electron chi connectivity index (χ3n) is 2.51. The van der Waals surface area contributed by atoms with E-state index in [-0.39, 0.29) is 21.9 Å². The first kappa shape index (κ1) is 13.9. The van der Waals surface area contributed by atoms with Crippen LogP contribution in [-0.2, 0) is 0 Å². The number of carbonyl (C=O) groups is 2. The highest BCUT2D eigenvalue weighted by molar-refractivity contribution is 7.18. The van der Waals surface area contributed by atoms with Crippen LogP contribution in [0.15, 0.2) is 24.3 Å². The number of rotatable bonds is 3. The van der Waals surface area contributed by atoms with Gasteiger partial charge in [0.2, 0.25) is 0 Å². The lowest BCUT2D eigenvalue weighted by molar-refractivity contribution is 0.0701. The molecule has 0 atom stereocenters. The maximum Gasteiger partial charge on any atom is 0.346 e. The Morgan fingerprint density at radius 2 is 1.70 bits per heavy atom. The van der Waals surface area contributed by atoms with E-state index in [4.69, 9.17) is 5.11 Å². The van der Waals surface area contributed by atoms with Crippen molar-refractivity contribution >= 4 is 28.2 Å². The van der Waals surface area contributed by atoms with E-state index in [2.05, 4.69) is 5.32 Å². The minimum absolute atomic E-state index is 0.0745. The molecule has 1 aromatic carbocycles. The summed E-state index contributed by atoms with van der Waals surface area (Å²) in [4.78, 5) is 23.0. The van der Waals surface area contributed by atoms with Gasteiger partial charge in [-0.2, -0.15) is 0 Å². The van der Waals surface area contributed by atoms with Crippen LogP contribution >= 0.6 is 11.3 Å². The van der Waals surface area contributed by atoms with Crippen molar-refractivity contribution < 1.29 is 24.9 Å². The Morgan fingerprint density at radius 3 is 2.20 bits per heavy atom. The van der Waals surface area contributed by atoms with E-state index in [1.807, 2.05) is 0 Å². The van der Waals surface area contributed by atoms with Crippen molar-refractivity contribution in [3.05, 3.63) is 40.3 Å². The van der Waals surface area contributed by atoms with Gasteiger partial charge in [-0.3, -0.25) is 4.79 Å². The molecule has 0 fully saturated rings. The average molecular weight is 293 g/mol. The topological polar surface area (TPSA) is 107 Å². The molecule has 104 valence electrons. The van der Waals surface area contributed by atoms with Crippen LogP contribution in [0.3, 0.4) is 0 Å². The summed E-state index contributed by atoms with van der Waals surface area (Å²) in [5, 5.41) is 30.5. The number of phenols is 2. The number of aryl methyl sites for hydroxylation is 1. The van der Waals surface area contributed by atoms with Gasteiger partial charge in [0.15, 0.2) is 0 Å². The Bertz CT molecular complexity index is 672. The number of nitrogens with one attached hydrogen (secondary N) is 1. The Morgan fingerprint density at radius 1 is 1.10 bits per heavy atom. The van der Waals surface area contributed by atoms with Crippen LogP contribution in [0.5, 0.6) is 11.5 Å². The van der Waals surface area contributed by atoms with Gasteiger partial charge in [0.25, 0.3) is 5.91 Å². The molecule has 0 aliphatic carbocycles.